The molecule has 7 heteroatoms. The van der Waals surface area contributed by atoms with Gasteiger partial charge in [-0.15, -0.1) is 0 Å². The van der Waals surface area contributed by atoms with E-state index in [-0.39, 0.29) is 12.3 Å². The lowest BCUT2D eigenvalue weighted by molar-refractivity contribution is -0.118. The molecule has 1 amide bonds. The SMILES string of the molecule is CCCNC(=O)CS(=O)(=O)CC(CN)OCC. The fraction of sp³-hybridized carbons (Fsp3) is 0.900. The van der Waals surface area contributed by atoms with Gasteiger partial charge in [0.05, 0.1) is 11.9 Å². The van der Waals surface area contributed by atoms with Crippen molar-refractivity contribution in [2.75, 3.05) is 31.2 Å². The molecule has 0 aromatic carbocycles. The Labute approximate surface area is 103 Å². The van der Waals surface area contributed by atoms with Crippen molar-refractivity contribution in [2.24, 2.45) is 5.73 Å². The molecule has 0 radical (unpaired) electrons. The van der Waals surface area contributed by atoms with Crippen LogP contribution in [0.15, 0.2) is 0 Å². The molecule has 1 atom stereocenters. The molecular weight excluding hydrogens is 244 g/mol. The molecule has 0 aromatic heterocycles. The number of hydrogen-bond acceptors (Lipinski definition) is 5. The molecule has 0 aliphatic rings. The van der Waals surface area contributed by atoms with Crippen molar-refractivity contribution in [3.8, 4) is 0 Å². The summed E-state index contributed by atoms with van der Waals surface area (Å²) in [7, 11) is -3.46. The van der Waals surface area contributed by atoms with E-state index in [1.165, 1.54) is 0 Å². The third kappa shape index (κ3) is 8.12. The summed E-state index contributed by atoms with van der Waals surface area (Å²) in [6.45, 7) is 4.68. The van der Waals surface area contributed by atoms with E-state index in [2.05, 4.69) is 5.32 Å². The average Bonchev–Trinajstić information content (AvgIpc) is 2.24. The number of nitrogens with one attached hydrogen (secondary N) is 1. The van der Waals surface area contributed by atoms with Crippen LogP contribution in [0.4, 0.5) is 0 Å². The van der Waals surface area contributed by atoms with Gasteiger partial charge in [0, 0.05) is 19.7 Å². The zero-order chi connectivity index (χ0) is 13.3. The van der Waals surface area contributed by atoms with Gasteiger partial charge < -0.3 is 15.8 Å². The highest BCUT2D eigenvalue weighted by Crippen LogP contribution is 1.99. The lowest BCUT2D eigenvalue weighted by Gasteiger charge is -2.14. The number of carbonyl (C=O) groups is 1. The van der Waals surface area contributed by atoms with Crippen molar-refractivity contribution in [1.29, 1.82) is 0 Å². The third-order valence-corrected chi connectivity index (χ3v) is 3.61. The van der Waals surface area contributed by atoms with Gasteiger partial charge in [-0.25, -0.2) is 8.42 Å². The van der Waals surface area contributed by atoms with Crippen LogP contribution in [-0.2, 0) is 19.4 Å². The van der Waals surface area contributed by atoms with Crippen LogP contribution in [0.1, 0.15) is 20.3 Å². The highest BCUT2D eigenvalue weighted by atomic mass is 32.2. The maximum absolute atomic E-state index is 11.7. The van der Waals surface area contributed by atoms with Gasteiger partial charge in [0.1, 0.15) is 5.75 Å². The molecule has 0 fully saturated rings. The highest BCUT2D eigenvalue weighted by molar-refractivity contribution is 7.92. The molecule has 0 bridgehead atoms. The van der Waals surface area contributed by atoms with Crippen LogP contribution in [0.25, 0.3) is 0 Å². The monoisotopic (exact) mass is 266 g/mol. The molecule has 6 nitrogen and oxygen atoms in total. The Hall–Kier alpha value is -0.660. The van der Waals surface area contributed by atoms with Crippen molar-refractivity contribution in [3.05, 3.63) is 0 Å². The van der Waals surface area contributed by atoms with Crippen molar-refractivity contribution in [3.63, 3.8) is 0 Å². The van der Waals surface area contributed by atoms with E-state index in [9.17, 15) is 13.2 Å². The van der Waals surface area contributed by atoms with Crippen LogP contribution in [-0.4, -0.2) is 51.6 Å². The Morgan fingerprint density at radius 1 is 1.41 bits per heavy atom. The Kier molecular flexibility index (Phi) is 8.11. The predicted molar refractivity (Wildman–Crippen MR) is 66.4 cm³/mol. The molecule has 3 N–H and O–H groups in total. The van der Waals surface area contributed by atoms with Gasteiger partial charge in [0.25, 0.3) is 0 Å². The topological polar surface area (TPSA) is 98.5 Å². The lowest BCUT2D eigenvalue weighted by Crippen LogP contribution is -2.37. The maximum Gasteiger partial charge on any atom is 0.235 e. The van der Waals surface area contributed by atoms with Gasteiger partial charge in [-0.1, -0.05) is 6.92 Å². The second-order valence-electron chi connectivity index (χ2n) is 3.72. The van der Waals surface area contributed by atoms with E-state index in [4.69, 9.17) is 10.5 Å². The van der Waals surface area contributed by atoms with Gasteiger partial charge in [0.2, 0.25) is 5.91 Å². The van der Waals surface area contributed by atoms with Gasteiger partial charge in [-0.2, -0.15) is 0 Å². The summed E-state index contributed by atoms with van der Waals surface area (Å²) in [6.07, 6.45) is 0.236. The van der Waals surface area contributed by atoms with Crippen LogP contribution < -0.4 is 11.1 Å². The van der Waals surface area contributed by atoms with E-state index >= 15 is 0 Å². The molecule has 102 valence electrons. The minimum Gasteiger partial charge on any atom is -0.376 e. The van der Waals surface area contributed by atoms with E-state index in [0.29, 0.717) is 13.2 Å². The average molecular weight is 266 g/mol. The molecule has 0 rings (SSSR count). The quantitative estimate of drug-likeness (QED) is 0.574. The van der Waals surface area contributed by atoms with E-state index in [1.807, 2.05) is 6.92 Å². The number of hydrogen-bond donors (Lipinski definition) is 2. The number of sulfone groups is 1. The van der Waals surface area contributed by atoms with Gasteiger partial charge in [0.15, 0.2) is 9.84 Å². The first-order valence-corrected chi connectivity index (χ1v) is 7.56. The fourth-order valence-electron chi connectivity index (χ4n) is 1.28. The molecule has 0 aliphatic heterocycles. The molecule has 0 saturated carbocycles. The minimum absolute atomic E-state index is 0.129. The van der Waals surface area contributed by atoms with Crippen LogP contribution in [0.2, 0.25) is 0 Å². The predicted octanol–water partition coefficient (Wildman–Crippen LogP) is -0.709. The second kappa shape index (κ2) is 8.43. The number of ether oxygens (including phenoxy) is 1. The molecule has 0 heterocycles. The Balaban J connectivity index is 4.22. The molecule has 0 saturated heterocycles. The largest absolute Gasteiger partial charge is 0.376 e. The van der Waals surface area contributed by atoms with Gasteiger partial charge in [-0.05, 0) is 13.3 Å². The lowest BCUT2D eigenvalue weighted by atomic mass is 10.4. The molecular formula is C10H22N2O4S. The molecule has 1 unspecified atom stereocenters. The third-order valence-electron chi connectivity index (χ3n) is 2.03. The van der Waals surface area contributed by atoms with Crippen molar-refractivity contribution < 1.29 is 17.9 Å². The van der Waals surface area contributed by atoms with Crippen LogP contribution in [0.5, 0.6) is 0 Å². The number of nitrogens with two attached hydrogens (primary N) is 1. The van der Waals surface area contributed by atoms with Crippen molar-refractivity contribution >= 4 is 15.7 Å². The minimum atomic E-state index is -3.46. The summed E-state index contributed by atoms with van der Waals surface area (Å²) < 4.78 is 28.5. The smallest absolute Gasteiger partial charge is 0.235 e. The second-order valence-corrected chi connectivity index (χ2v) is 5.83. The summed E-state index contributed by atoms with van der Waals surface area (Å²) in [5.41, 5.74) is 5.39. The highest BCUT2D eigenvalue weighted by Gasteiger charge is 2.21. The van der Waals surface area contributed by atoms with Crippen LogP contribution in [0, 0.1) is 0 Å². The van der Waals surface area contributed by atoms with Crippen LogP contribution in [0.3, 0.4) is 0 Å². The Morgan fingerprint density at radius 2 is 2.06 bits per heavy atom. The van der Waals surface area contributed by atoms with E-state index in [1.54, 1.807) is 6.92 Å². The first-order valence-electron chi connectivity index (χ1n) is 5.74. The number of rotatable bonds is 9. The number of carbonyl (C=O) groups excluding carboxylic acids is 1. The van der Waals surface area contributed by atoms with Crippen molar-refractivity contribution in [1.82, 2.24) is 5.32 Å². The van der Waals surface area contributed by atoms with E-state index < -0.39 is 27.6 Å². The molecule has 0 aliphatic carbocycles. The summed E-state index contributed by atoms with van der Waals surface area (Å²) in [5.74, 6) is -1.19. The van der Waals surface area contributed by atoms with Gasteiger partial charge in [-0.3, -0.25) is 4.79 Å². The summed E-state index contributed by atoms with van der Waals surface area (Å²) in [6, 6.07) is 0. The first kappa shape index (κ1) is 16.3. The zero-order valence-corrected chi connectivity index (χ0v) is 11.3. The normalized spacial score (nSPS) is 13.4. The molecule has 0 aromatic rings. The van der Waals surface area contributed by atoms with E-state index in [0.717, 1.165) is 6.42 Å². The maximum atomic E-state index is 11.7. The summed E-state index contributed by atoms with van der Waals surface area (Å²) >= 11 is 0. The summed E-state index contributed by atoms with van der Waals surface area (Å²) in [4.78, 5) is 11.3. The Morgan fingerprint density at radius 3 is 2.53 bits per heavy atom. The fourth-order valence-corrected chi connectivity index (χ4v) is 2.70. The number of amides is 1. The van der Waals surface area contributed by atoms with Gasteiger partial charge >= 0.3 is 0 Å². The zero-order valence-electron chi connectivity index (χ0n) is 10.4. The summed E-state index contributed by atoms with van der Waals surface area (Å²) in [5, 5.41) is 2.52. The standard InChI is InChI=1S/C10H22N2O4S/c1-3-5-12-10(13)8-17(14,15)7-9(6-11)16-4-2/h9H,3-8,11H2,1-2H3,(H,12,13). The Bertz CT molecular complexity index is 316. The van der Waals surface area contributed by atoms with Crippen LogP contribution >= 0.6 is 0 Å². The molecule has 17 heavy (non-hydrogen) atoms. The first-order chi connectivity index (χ1) is 7.95. The van der Waals surface area contributed by atoms with Crippen molar-refractivity contribution in [2.45, 2.75) is 26.4 Å². The molecule has 0 spiro atoms.